The van der Waals surface area contributed by atoms with Gasteiger partial charge in [0.15, 0.2) is 5.78 Å². The molecular formula is C27H29ClO3. The molecule has 0 aliphatic heterocycles. The lowest BCUT2D eigenvalue weighted by Crippen LogP contribution is -2.43. The van der Waals surface area contributed by atoms with Crippen LogP contribution in [0, 0.1) is 17.3 Å². The van der Waals surface area contributed by atoms with Crippen molar-refractivity contribution in [3.63, 3.8) is 0 Å². The molecule has 162 valence electrons. The van der Waals surface area contributed by atoms with Gasteiger partial charge >= 0.3 is 0 Å². The molecule has 0 spiro atoms. The third-order valence-electron chi connectivity index (χ3n) is 8.33. The number of aryl methyl sites for hydroxylation is 1. The van der Waals surface area contributed by atoms with Crippen molar-refractivity contribution in [1.29, 1.82) is 0 Å². The molecule has 3 aliphatic carbocycles. The van der Waals surface area contributed by atoms with E-state index in [1.165, 1.54) is 17.2 Å². The molecule has 3 nitrogen and oxygen atoms in total. The molecule has 0 heterocycles. The number of phenolic OH excluding ortho intramolecular Hbond substituents is 1. The Morgan fingerprint density at radius 1 is 1.16 bits per heavy atom. The molecule has 31 heavy (non-hydrogen) atoms. The molecule has 0 bridgehead atoms. The first-order valence-electron chi connectivity index (χ1n) is 11.4. The lowest BCUT2D eigenvalue weighted by Gasteiger charge is -2.50. The standard InChI is InChI=1S/C27H29ClO3/c1-27-12-11-19-20(23(27)8-10-26(27)31)7-6-17-14-25(30)22(15-21(17)19)24(29)9-5-16-3-2-4-18(28)13-16/h2-5,9,13-15,19-20,23,26,30-31H,6-8,10-12H2,1H3/b9-5+/t19-,20+,23-,26-,27-/m0/s1. The molecule has 0 amide bonds. The number of aliphatic hydroxyl groups excluding tert-OH is 1. The zero-order valence-electron chi connectivity index (χ0n) is 17.9. The second kappa shape index (κ2) is 7.79. The van der Waals surface area contributed by atoms with E-state index in [2.05, 4.69) is 6.92 Å². The van der Waals surface area contributed by atoms with Gasteiger partial charge in [0.1, 0.15) is 5.75 Å². The molecule has 5 atom stereocenters. The summed E-state index contributed by atoms with van der Waals surface area (Å²) >= 11 is 6.03. The predicted molar refractivity (Wildman–Crippen MR) is 124 cm³/mol. The molecule has 0 aromatic heterocycles. The summed E-state index contributed by atoms with van der Waals surface area (Å²) in [5.74, 6) is 1.38. The Balaban J connectivity index is 1.44. The number of aliphatic hydroxyl groups is 1. The Bertz CT molecular complexity index is 1060. The largest absolute Gasteiger partial charge is 0.507 e. The van der Waals surface area contributed by atoms with Crippen LogP contribution in [0.2, 0.25) is 5.02 Å². The topological polar surface area (TPSA) is 57.5 Å². The summed E-state index contributed by atoms with van der Waals surface area (Å²) in [7, 11) is 0. The Morgan fingerprint density at radius 2 is 2.00 bits per heavy atom. The van der Waals surface area contributed by atoms with Crippen molar-refractivity contribution in [2.45, 2.75) is 57.5 Å². The molecule has 0 saturated heterocycles. The third kappa shape index (κ3) is 3.52. The minimum atomic E-state index is -0.195. The van der Waals surface area contributed by atoms with E-state index in [0.717, 1.165) is 44.1 Å². The fourth-order valence-electron chi connectivity index (χ4n) is 6.65. The normalized spacial score (nSPS) is 31.8. The lowest BCUT2D eigenvalue weighted by atomic mass is 9.55. The smallest absolute Gasteiger partial charge is 0.189 e. The number of hydrogen-bond donors (Lipinski definition) is 2. The van der Waals surface area contributed by atoms with Crippen molar-refractivity contribution in [3.05, 3.63) is 69.8 Å². The van der Waals surface area contributed by atoms with E-state index in [4.69, 9.17) is 11.6 Å². The van der Waals surface area contributed by atoms with Gasteiger partial charge in [-0.1, -0.05) is 36.7 Å². The van der Waals surface area contributed by atoms with Gasteiger partial charge in [-0.25, -0.2) is 0 Å². The maximum absolute atomic E-state index is 12.9. The highest BCUT2D eigenvalue weighted by atomic mass is 35.5. The first kappa shape index (κ1) is 20.8. The summed E-state index contributed by atoms with van der Waals surface area (Å²) in [6, 6.07) is 11.1. The summed E-state index contributed by atoms with van der Waals surface area (Å²) in [6.07, 6.45) is 9.17. The van der Waals surface area contributed by atoms with Gasteiger partial charge in [0.05, 0.1) is 11.7 Å². The molecule has 0 radical (unpaired) electrons. The number of fused-ring (bicyclic) bond motifs is 5. The van der Waals surface area contributed by atoms with Gasteiger partial charge in [-0.05, 0) is 109 Å². The quantitative estimate of drug-likeness (QED) is 0.447. The Labute approximate surface area is 188 Å². The Morgan fingerprint density at radius 3 is 2.81 bits per heavy atom. The van der Waals surface area contributed by atoms with Crippen LogP contribution in [-0.2, 0) is 6.42 Å². The molecule has 3 aliphatic rings. The van der Waals surface area contributed by atoms with E-state index in [9.17, 15) is 15.0 Å². The summed E-state index contributed by atoms with van der Waals surface area (Å²) in [6.45, 7) is 2.27. The first-order valence-corrected chi connectivity index (χ1v) is 11.8. The Kier molecular flexibility index (Phi) is 5.22. The molecule has 2 aromatic rings. The van der Waals surface area contributed by atoms with E-state index >= 15 is 0 Å². The minimum absolute atomic E-state index is 0.0356. The van der Waals surface area contributed by atoms with Gasteiger partial charge in [-0.15, -0.1) is 0 Å². The van der Waals surface area contributed by atoms with Gasteiger partial charge in [-0.3, -0.25) is 4.79 Å². The van der Waals surface area contributed by atoms with Gasteiger partial charge in [0.25, 0.3) is 0 Å². The fourth-order valence-corrected chi connectivity index (χ4v) is 6.85. The number of allylic oxidation sites excluding steroid dienone is 1. The summed E-state index contributed by atoms with van der Waals surface area (Å²) in [4.78, 5) is 12.9. The molecule has 5 rings (SSSR count). The number of ketones is 1. The molecule has 2 saturated carbocycles. The number of benzene rings is 2. The second-order valence-electron chi connectivity index (χ2n) is 9.87. The van der Waals surface area contributed by atoms with Crippen molar-refractivity contribution < 1.29 is 15.0 Å². The highest BCUT2D eigenvalue weighted by Crippen LogP contribution is 2.61. The van der Waals surface area contributed by atoms with Crippen molar-refractivity contribution in [3.8, 4) is 5.75 Å². The number of rotatable bonds is 3. The van der Waals surface area contributed by atoms with Gasteiger partial charge < -0.3 is 10.2 Å². The van der Waals surface area contributed by atoms with Crippen molar-refractivity contribution in [2.75, 3.05) is 0 Å². The van der Waals surface area contributed by atoms with Gasteiger partial charge in [-0.2, -0.15) is 0 Å². The average molecular weight is 437 g/mol. The van der Waals surface area contributed by atoms with Gasteiger partial charge in [0.2, 0.25) is 0 Å². The number of phenols is 1. The van der Waals surface area contributed by atoms with Crippen LogP contribution in [0.3, 0.4) is 0 Å². The Hall–Kier alpha value is -2.10. The number of carbonyl (C=O) groups is 1. The monoisotopic (exact) mass is 436 g/mol. The van der Waals surface area contributed by atoms with Crippen molar-refractivity contribution >= 4 is 23.5 Å². The van der Waals surface area contributed by atoms with Crippen LogP contribution in [0.1, 0.15) is 72.0 Å². The number of aromatic hydroxyl groups is 1. The fraction of sp³-hybridized carbons (Fsp3) is 0.444. The van der Waals surface area contributed by atoms with Gasteiger partial charge in [0, 0.05) is 5.02 Å². The summed E-state index contributed by atoms with van der Waals surface area (Å²) in [5.41, 5.74) is 3.67. The summed E-state index contributed by atoms with van der Waals surface area (Å²) < 4.78 is 0. The number of hydrogen-bond acceptors (Lipinski definition) is 3. The van der Waals surface area contributed by atoms with Crippen molar-refractivity contribution in [2.24, 2.45) is 17.3 Å². The predicted octanol–water partition coefficient (Wildman–Crippen LogP) is 6.16. The summed E-state index contributed by atoms with van der Waals surface area (Å²) in [5, 5.41) is 21.8. The van der Waals surface area contributed by atoms with E-state index < -0.39 is 0 Å². The number of carbonyl (C=O) groups excluding carboxylic acids is 1. The maximum Gasteiger partial charge on any atom is 0.189 e. The van der Waals surface area contributed by atoms with Crippen molar-refractivity contribution in [1.82, 2.24) is 0 Å². The third-order valence-corrected chi connectivity index (χ3v) is 8.57. The number of halogens is 1. The van der Waals surface area contributed by atoms with E-state index in [1.807, 2.05) is 24.3 Å². The first-order chi connectivity index (χ1) is 14.9. The molecule has 2 aromatic carbocycles. The van der Waals surface area contributed by atoms with Crippen LogP contribution in [-0.4, -0.2) is 22.1 Å². The van der Waals surface area contributed by atoms with Crippen LogP contribution >= 0.6 is 11.6 Å². The molecule has 0 unspecified atom stereocenters. The molecule has 2 fully saturated rings. The maximum atomic E-state index is 12.9. The molecular weight excluding hydrogens is 408 g/mol. The van der Waals surface area contributed by atoms with E-state index in [0.29, 0.717) is 28.3 Å². The second-order valence-corrected chi connectivity index (χ2v) is 10.3. The van der Waals surface area contributed by atoms with E-state index in [-0.39, 0.29) is 23.1 Å². The minimum Gasteiger partial charge on any atom is -0.507 e. The molecule has 4 heteroatoms. The highest BCUT2D eigenvalue weighted by molar-refractivity contribution is 6.30. The SMILES string of the molecule is C[C@]12CC[C@@H]3c4cc(C(=O)/C=C/c5cccc(Cl)c5)c(O)cc4CC[C@H]3[C@@H]1CC[C@@H]2O. The highest BCUT2D eigenvalue weighted by Gasteiger charge is 2.54. The average Bonchev–Trinajstić information content (AvgIpc) is 3.06. The molecule has 2 N–H and O–H groups in total. The zero-order chi connectivity index (χ0) is 21.8. The van der Waals surface area contributed by atoms with E-state index in [1.54, 1.807) is 18.2 Å². The van der Waals surface area contributed by atoms with Crippen LogP contribution in [0.15, 0.2) is 42.5 Å². The van der Waals surface area contributed by atoms with Crippen LogP contribution in [0.25, 0.3) is 6.08 Å². The lowest BCUT2D eigenvalue weighted by molar-refractivity contribution is -0.0226. The van der Waals surface area contributed by atoms with Crippen LogP contribution in [0.4, 0.5) is 0 Å². The van der Waals surface area contributed by atoms with Crippen LogP contribution in [0.5, 0.6) is 5.75 Å². The van der Waals surface area contributed by atoms with Crippen LogP contribution < -0.4 is 0 Å². The zero-order valence-corrected chi connectivity index (χ0v) is 18.6.